The molecule has 0 radical (unpaired) electrons. The van der Waals surface area contributed by atoms with E-state index in [1.54, 1.807) is 0 Å². The number of hydrogen-bond donors (Lipinski definition) is 0. The van der Waals surface area contributed by atoms with Crippen LogP contribution in [0.2, 0.25) is 5.15 Å². The van der Waals surface area contributed by atoms with Gasteiger partial charge in [0.2, 0.25) is 0 Å². The molecule has 1 aromatic rings. The summed E-state index contributed by atoms with van der Waals surface area (Å²) in [7, 11) is 0. The zero-order chi connectivity index (χ0) is 8.72. The van der Waals surface area contributed by atoms with Crippen molar-refractivity contribution in [2.75, 3.05) is 0 Å². The third-order valence-corrected chi connectivity index (χ3v) is 2.53. The smallest absolute Gasteiger partial charge is 0.151 e. The number of aromatic nitrogens is 2. The fourth-order valence-electron chi connectivity index (χ4n) is 1.21. The van der Waals surface area contributed by atoms with Crippen LogP contribution in [-0.2, 0) is 0 Å². The molecule has 64 valence electrons. The van der Waals surface area contributed by atoms with E-state index in [2.05, 4.69) is 9.97 Å². The first-order valence-electron chi connectivity index (χ1n) is 4.19. The fraction of sp³-hybridized carbons (Fsp3) is 0.556. The summed E-state index contributed by atoms with van der Waals surface area (Å²) in [5.74, 6) is 0.587. The van der Waals surface area contributed by atoms with Crippen LogP contribution in [0, 0.1) is 13.8 Å². The van der Waals surface area contributed by atoms with E-state index in [9.17, 15) is 0 Å². The lowest BCUT2D eigenvalue weighted by Crippen LogP contribution is -1.98. The number of rotatable bonds is 1. The van der Waals surface area contributed by atoms with Crippen LogP contribution in [-0.4, -0.2) is 9.97 Å². The Hall–Kier alpha value is -0.630. The largest absolute Gasteiger partial charge is 0.253 e. The molecule has 1 heterocycles. The number of halogens is 1. The summed E-state index contributed by atoms with van der Waals surface area (Å²) in [4.78, 5) is 8.68. The lowest BCUT2D eigenvalue weighted by molar-refractivity contribution is 0.932. The van der Waals surface area contributed by atoms with Crippen molar-refractivity contribution in [2.45, 2.75) is 32.6 Å². The van der Waals surface area contributed by atoms with E-state index in [-0.39, 0.29) is 0 Å². The van der Waals surface area contributed by atoms with Crippen molar-refractivity contribution >= 4 is 11.6 Å². The molecule has 0 aromatic carbocycles. The summed E-state index contributed by atoms with van der Waals surface area (Å²) >= 11 is 5.96. The molecule has 0 amide bonds. The second-order valence-corrected chi connectivity index (χ2v) is 3.70. The standard InChI is InChI=1S/C9H11ClN2/c1-5-6(2)12-9(10)8(11-5)7-3-4-7/h7H,3-4H2,1-2H3. The summed E-state index contributed by atoms with van der Waals surface area (Å²) in [6, 6.07) is 0. The van der Waals surface area contributed by atoms with Gasteiger partial charge in [-0.25, -0.2) is 4.98 Å². The molecule has 12 heavy (non-hydrogen) atoms. The maximum atomic E-state index is 5.96. The molecule has 1 saturated carbocycles. The Morgan fingerprint density at radius 3 is 2.33 bits per heavy atom. The van der Waals surface area contributed by atoms with Crippen molar-refractivity contribution in [1.29, 1.82) is 0 Å². The summed E-state index contributed by atoms with van der Waals surface area (Å²) in [6.45, 7) is 3.91. The van der Waals surface area contributed by atoms with Gasteiger partial charge in [0.1, 0.15) is 0 Å². The third kappa shape index (κ3) is 1.31. The number of aryl methyl sites for hydroxylation is 2. The first kappa shape index (κ1) is 7.99. The molecule has 0 atom stereocenters. The van der Waals surface area contributed by atoms with E-state index in [0.717, 1.165) is 17.1 Å². The molecule has 3 heteroatoms. The van der Waals surface area contributed by atoms with E-state index >= 15 is 0 Å². The van der Waals surface area contributed by atoms with Crippen molar-refractivity contribution in [3.8, 4) is 0 Å². The predicted molar refractivity (Wildman–Crippen MR) is 48.5 cm³/mol. The molecular formula is C9H11ClN2. The monoisotopic (exact) mass is 182 g/mol. The molecule has 0 saturated heterocycles. The highest BCUT2D eigenvalue weighted by atomic mass is 35.5. The van der Waals surface area contributed by atoms with Gasteiger partial charge in [-0.15, -0.1) is 0 Å². The minimum atomic E-state index is 0.587. The number of hydrogen-bond acceptors (Lipinski definition) is 2. The zero-order valence-corrected chi connectivity index (χ0v) is 8.02. The van der Waals surface area contributed by atoms with Crippen molar-refractivity contribution in [3.05, 3.63) is 22.2 Å². The molecule has 1 aliphatic carbocycles. The highest BCUT2D eigenvalue weighted by molar-refractivity contribution is 6.30. The zero-order valence-electron chi connectivity index (χ0n) is 7.26. The molecule has 0 N–H and O–H groups in total. The maximum Gasteiger partial charge on any atom is 0.151 e. The highest BCUT2D eigenvalue weighted by Gasteiger charge is 2.28. The van der Waals surface area contributed by atoms with E-state index in [0.29, 0.717) is 11.1 Å². The van der Waals surface area contributed by atoms with Gasteiger partial charge in [-0.05, 0) is 26.7 Å². The lowest BCUT2D eigenvalue weighted by Gasteiger charge is -2.04. The van der Waals surface area contributed by atoms with Crippen LogP contribution < -0.4 is 0 Å². The first-order valence-corrected chi connectivity index (χ1v) is 4.57. The molecule has 0 aliphatic heterocycles. The SMILES string of the molecule is Cc1nc(Cl)c(C2CC2)nc1C. The minimum absolute atomic E-state index is 0.587. The van der Waals surface area contributed by atoms with Crippen LogP contribution in [0.25, 0.3) is 0 Å². The van der Waals surface area contributed by atoms with Crippen molar-refractivity contribution in [1.82, 2.24) is 9.97 Å². The van der Waals surface area contributed by atoms with Crippen LogP contribution in [0.3, 0.4) is 0 Å². The Bertz CT molecular complexity index is 319. The van der Waals surface area contributed by atoms with Gasteiger partial charge in [0, 0.05) is 5.92 Å². The van der Waals surface area contributed by atoms with Crippen LogP contribution in [0.4, 0.5) is 0 Å². The Morgan fingerprint density at radius 1 is 1.17 bits per heavy atom. The van der Waals surface area contributed by atoms with Crippen molar-refractivity contribution in [2.24, 2.45) is 0 Å². The summed E-state index contributed by atoms with van der Waals surface area (Å²) in [6.07, 6.45) is 2.44. The van der Waals surface area contributed by atoms with Gasteiger partial charge < -0.3 is 0 Å². The molecule has 2 nitrogen and oxygen atoms in total. The molecular weight excluding hydrogens is 172 g/mol. The second kappa shape index (κ2) is 2.70. The van der Waals surface area contributed by atoms with E-state index in [4.69, 9.17) is 11.6 Å². The van der Waals surface area contributed by atoms with Crippen molar-refractivity contribution in [3.63, 3.8) is 0 Å². The Kier molecular flexibility index (Phi) is 1.80. The Labute approximate surface area is 77.0 Å². The Balaban J connectivity index is 2.47. The van der Waals surface area contributed by atoms with E-state index in [1.165, 1.54) is 12.8 Å². The normalized spacial score (nSPS) is 16.6. The molecule has 1 aromatic heterocycles. The maximum absolute atomic E-state index is 5.96. The molecule has 1 fully saturated rings. The van der Waals surface area contributed by atoms with Crippen LogP contribution in [0.15, 0.2) is 0 Å². The molecule has 0 bridgehead atoms. The predicted octanol–water partition coefficient (Wildman–Crippen LogP) is 2.62. The third-order valence-electron chi connectivity index (χ3n) is 2.25. The molecule has 1 aliphatic rings. The quantitative estimate of drug-likeness (QED) is 0.668. The second-order valence-electron chi connectivity index (χ2n) is 3.34. The van der Waals surface area contributed by atoms with Crippen molar-refractivity contribution < 1.29 is 0 Å². The average Bonchev–Trinajstić information content (AvgIpc) is 2.79. The van der Waals surface area contributed by atoms with Gasteiger partial charge in [-0.1, -0.05) is 11.6 Å². The van der Waals surface area contributed by atoms with E-state index < -0.39 is 0 Å². The number of nitrogens with zero attached hydrogens (tertiary/aromatic N) is 2. The topological polar surface area (TPSA) is 25.8 Å². The van der Waals surface area contributed by atoms with Gasteiger partial charge in [-0.2, -0.15) is 0 Å². The first-order chi connectivity index (χ1) is 5.68. The Morgan fingerprint density at radius 2 is 1.75 bits per heavy atom. The average molecular weight is 183 g/mol. The molecule has 0 spiro atoms. The summed E-state index contributed by atoms with van der Waals surface area (Å²) < 4.78 is 0. The summed E-state index contributed by atoms with van der Waals surface area (Å²) in [5.41, 5.74) is 2.94. The van der Waals surface area contributed by atoms with Gasteiger partial charge in [0.25, 0.3) is 0 Å². The van der Waals surface area contributed by atoms with Gasteiger partial charge in [-0.3, -0.25) is 4.98 Å². The van der Waals surface area contributed by atoms with Gasteiger partial charge in [0.15, 0.2) is 5.15 Å². The highest BCUT2D eigenvalue weighted by Crippen LogP contribution is 2.41. The minimum Gasteiger partial charge on any atom is -0.253 e. The van der Waals surface area contributed by atoms with E-state index in [1.807, 2.05) is 13.8 Å². The fourth-order valence-corrected chi connectivity index (χ4v) is 1.53. The molecule has 0 unspecified atom stereocenters. The van der Waals surface area contributed by atoms with Crippen LogP contribution in [0.1, 0.15) is 35.8 Å². The lowest BCUT2D eigenvalue weighted by atomic mass is 10.2. The van der Waals surface area contributed by atoms with Crippen LogP contribution >= 0.6 is 11.6 Å². The van der Waals surface area contributed by atoms with Gasteiger partial charge >= 0.3 is 0 Å². The van der Waals surface area contributed by atoms with Gasteiger partial charge in [0.05, 0.1) is 17.1 Å². The van der Waals surface area contributed by atoms with Crippen LogP contribution in [0.5, 0.6) is 0 Å². The molecule has 2 rings (SSSR count). The summed E-state index contributed by atoms with van der Waals surface area (Å²) in [5, 5.41) is 0.598.